The summed E-state index contributed by atoms with van der Waals surface area (Å²) in [6, 6.07) is 7.65. The number of pyridine rings is 2. The van der Waals surface area contributed by atoms with Gasteiger partial charge in [0.2, 0.25) is 5.88 Å². The Hall–Kier alpha value is -3.20. The first kappa shape index (κ1) is 23.0. The van der Waals surface area contributed by atoms with Gasteiger partial charge in [-0.15, -0.1) is 0 Å². The Labute approximate surface area is 194 Å². The highest BCUT2D eigenvalue weighted by atomic mass is 32.2. The van der Waals surface area contributed by atoms with Crippen LogP contribution in [0.25, 0.3) is 0 Å². The van der Waals surface area contributed by atoms with Crippen LogP contribution in [-0.2, 0) is 10.0 Å². The number of sulfonamides is 1. The first-order valence-corrected chi connectivity index (χ1v) is 12.4. The van der Waals surface area contributed by atoms with E-state index in [4.69, 9.17) is 4.74 Å². The van der Waals surface area contributed by atoms with Crippen molar-refractivity contribution in [1.82, 2.24) is 14.7 Å². The van der Waals surface area contributed by atoms with Crippen molar-refractivity contribution in [3.8, 4) is 5.88 Å². The number of carbonyl (C=O) groups is 1. The Morgan fingerprint density at radius 2 is 2.09 bits per heavy atom. The molecule has 174 valence electrons. The fourth-order valence-electron chi connectivity index (χ4n) is 4.37. The molecule has 1 N–H and O–H groups in total. The van der Waals surface area contributed by atoms with Crippen LogP contribution in [0.4, 0.5) is 5.82 Å². The molecule has 1 aliphatic heterocycles. The summed E-state index contributed by atoms with van der Waals surface area (Å²) >= 11 is 0. The lowest BCUT2D eigenvalue weighted by molar-refractivity contribution is 0.0981. The van der Waals surface area contributed by atoms with Gasteiger partial charge < -0.3 is 9.64 Å². The lowest BCUT2D eigenvalue weighted by Gasteiger charge is -2.33. The zero-order valence-electron chi connectivity index (χ0n) is 19.0. The van der Waals surface area contributed by atoms with Gasteiger partial charge in [-0.25, -0.2) is 9.71 Å². The number of amides is 1. The molecule has 3 heterocycles. The van der Waals surface area contributed by atoms with Crippen molar-refractivity contribution in [2.45, 2.75) is 44.2 Å². The van der Waals surface area contributed by atoms with E-state index in [1.807, 2.05) is 18.2 Å². The van der Waals surface area contributed by atoms with E-state index in [0.717, 1.165) is 25.0 Å². The van der Waals surface area contributed by atoms with Gasteiger partial charge >= 0.3 is 0 Å². The molecule has 1 amide bonds. The van der Waals surface area contributed by atoms with Crippen molar-refractivity contribution in [1.29, 1.82) is 0 Å². The normalized spacial score (nSPS) is 19.4. The summed E-state index contributed by atoms with van der Waals surface area (Å²) in [4.78, 5) is 23.6. The van der Waals surface area contributed by atoms with Gasteiger partial charge in [-0.3, -0.25) is 4.79 Å². The van der Waals surface area contributed by atoms with Crippen molar-refractivity contribution >= 4 is 21.7 Å². The Morgan fingerprint density at radius 1 is 1.27 bits per heavy atom. The number of aromatic nitrogens is 2. The third-order valence-corrected chi connectivity index (χ3v) is 7.05. The van der Waals surface area contributed by atoms with E-state index in [9.17, 15) is 13.2 Å². The van der Waals surface area contributed by atoms with E-state index in [0.29, 0.717) is 18.3 Å². The summed E-state index contributed by atoms with van der Waals surface area (Å²) in [6.07, 6.45) is 9.27. The zero-order chi connectivity index (χ0) is 23.6. The van der Waals surface area contributed by atoms with Crippen LogP contribution in [-0.4, -0.2) is 43.0 Å². The minimum atomic E-state index is -4.21. The third-order valence-electron chi connectivity index (χ3n) is 5.81. The highest BCUT2D eigenvalue weighted by molar-refractivity contribution is 7.90. The summed E-state index contributed by atoms with van der Waals surface area (Å²) in [5.41, 5.74) is 1.08. The van der Waals surface area contributed by atoms with Crippen LogP contribution in [0, 0.1) is 5.92 Å². The Morgan fingerprint density at radius 3 is 2.79 bits per heavy atom. The van der Waals surface area contributed by atoms with Gasteiger partial charge in [0.1, 0.15) is 12.4 Å². The van der Waals surface area contributed by atoms with Gasteiger partial charge in [0.15, 0.2) is 5.03 Å². The Bertz CT molecular complexity index is 1220. The number of ether oxygens (including phenoxy) is 1. The molecule has 8 nitrogen and oxygen atoms in total. The highest BCUT2D eigenvalue weighted by Gasteiger charge is 2.39. The van der Waals surface area contributed by atoms with Crippen LogP contribution >= 0.6 is 0 Å². The number of hydrogen-bond donors (Lipinski definition) is 1. The molecule has 0 aromatic carbocycles. The van der Waals surface area contributed by atoms with Crippen LogP contribution in [0.1, 0.15) is 44.0 Å². The fourth-order valence-corrected chi connectivity index (χ4v) is 5.30. The number of nitrogens with zero attached hydrogens (tertiary/aromatic N) is 3. The molecule has 1 atom stereocenters. The summed E-state index contributed by atoms with van der Waals surface area (Å²) in [5.74, 6) is 0.337. The molecule has 2 aliphatic rings. The second kappa shape index (κ2) is 8.97. The molecular formula is C24H28N4O4S. The maximum absolute atomic E-state index is 13.1. The van der Waals surface area contributed by atoms with Crippen LogP contribution in [0.15, 0.2) is 65.4 Å². The molecule has 9 heteroatoms. The minimum absolute atomic E-state index is 0.174. The smallest absolute Gasteiger partial charge is 0.281 e. The number of hydrogen-bond acceptors (Lipinski definition) is 7. The number of rotatable bonds is 7. The van der Waals surface area contributed by atoms with E-state index in [1.165, 1.54) is 12.1 Å². The van der Waals surface area contributed by atoms with Gasteiger partial charge in [0.05, 0.1) is 5.56 Å². The quantitative estimate of drug-likeness (QED) is 0.664. The second-order valence-corrected chi connectivity index (χ2v) is 10.7. The Kier molecular flexibility index (Phi) is 6.25. The number of nitrogens with one attached hydrogen (secondary N) is 1. The first-order valence-electron chi connectivity index (χ1n) is 10.9. The maximum atomic E-state index is 13.1. The SMILES string of the molecule is CC1CN(c2ncccc2C(=O)NS(=O)(=O)c2cccc(OCC3=CC=CC3)n2)C(C)(C)C1. The van der Waals surface area contributed by atoms with Gasteiger partial charge in [0, 0.05) is 24.3 Å². The summed E-state index contributed by atoms with van der Waals surface area (Å²) in [6.45, 7) is 7.39. The highest BCUT2D eigenvalue weighted by Crippen LogP contribution is 2.37. The average Bonchev–Trinajstić information content (AvgIpc) is 3.38. The largest absolute Gasteiger partial charge is 0.473 e. The van der Waals surface area contributed by atoms with Crippen molar-refractivity contribution in [2.24, 2.45) is 5.92 Å². The molecule has 1 fully saturated rings. The van der Waals surface area contributed by atoms with Crippen molar-refractivity contribution < 1.29 is 17.9 Å². The minimum Gasteiger partial charge on any atom is -0.473 e. The first-order chi connectivity index (χ1) is 15.7. The lowest BCUT2D eigenvalue weighted by atomic mass is 9.97. The summed E-state index contributed by atoms with van der Waals surface area (Å²) in [7, 11) is -4.21. The number of allylic oxidation sites excluding steroid dienone is 3. The van der Waals surface area contributed by atoms with Gasteiger partial charge in [-0.2, -0.15) is 13.4 Å². The molecule has 0 saturated carbocycles. The molecular weight excluding hydrogens is 440 g/mol. The van der Waals surface area contributed by atoms with Crippen LogP contribution in [0.3, 0.4) is 0 Å². The average molecular weight is 469 g/mol. The van der Waals surface area contributed by atoms with Gasteiger partial charge in [0.25, 0.3) is 15.9 Å². The standard InChI is InChI=1S/C24H28N4O4S/c1-17-14-24(2,3)28(15-17)22-19(10-7-13-25-22)23(29)27-33(30,31)21-12-6-11-20(26-21)32-16-18-8-4-5-9-18/h4-8,10-13,17H,9,14-16H2,1-3H3,(H,27,29). The molecule has 1 saturated heterocycles. The molecule has 1 aliphatic carbocycles. The van der Waals surface area contributed by atoms with E-state index >= 15 is 0 Å². The van der Waals surface area contributed by atoms with Crippen molar-refractivity contribution in [2.75, 3.05) is 18.1 Å². The van der Waals surface area contributed by atoms with E-state index in [-0.39, 0.29) is 22.0 Å². The van der Waals surface area contributed by atoms with Gasteiger partial charge in [-0.1, -0.05) is 31.2 Å². The molecule has 0 radical (unpaired) electrons. The molecule has 2 aromatic rings. The Balaban J connectivity index is 1.53. The summed E-state index contributed by atoms with van der Waals surface area (Å²) in [5, 5.41) is -0.285. The number of anilines is 1. The molecule has 0 bridgehead atoms. The third kappa shape index (κ3) is 5.08. The zero-order valence-corrected chi connectivity index (χ0v) is 19.8. The lowest BCUT2D eigenvalue weighted by Crippen LogP contribution is -2.41. The van der Waals surface area contributed by atoms with E-state index < -0.39 is 15.9 Å². The molecule has 1 unspecified atom stereocenters. The molecule has 33 heavy (non-hydrogen) atoms. The van der Waals surface area contributed by atoms with E-state index in [2.05, 4.69) is 40.4 Å². The summed E-state index contributed by atoms with van der Waals surface area (Å²) < 4.78 is 33.6. The maximum Gasteiger partial charge on any atom is 0.281 e. The van der Waals surface area contributed by atoms with Crippen LogP contribution in [0.2, 0.25) is 0 Å². The van der Waals surface area contributed by atoms with E-state index in [1.54, 1.807) is 24.4 Å². The topological polar surface area (TPSA) is 101 Å². The molecule has 0 spiro atoms. The monoisotopic (exact) mass is 468 g/mol. The second-order valence-electron chi connectivity index (χ2n) is 9.10. The van der Waals surface area contributed by atoms with Crippen molar-refractivity contribution in [3.63, 3.8) is 0 Å². The van der Waals surface area contributed by atoms with Crippen molar-refractivity contribution in [3.05, 3.63) is 65.9 Å². The van der Waals surface area contributed by atoms with Gasteiger partial charge in [-0.05, 0) is 56.4 Å². The predicted molar refractivity (Wildman–Crippen MR) is 126 cm³/mol. The molecule has 2 aromatic heterocycles. The predicted octanol–water partition coefficient (Wildman–Crippen LogP) is 3.49. The number of carbonyl (C=O) groups excluding carboxylic acids is 1. The fraction of sp³-hybridized carbons (Fsp3) is 0.375. The molecule has 4 rings (SSSR count). The van der Waals surface area contributed by atoms with Crippen LogP contribution in [0.5, 0.6) is 5.88 Å². The van der Waals surface area contributed by atoms with Crippen LogP contribution < -0.4 is 14.4 Å².